The van der Waals surface area contributed by atoms with E-state index in [1.54, 1.807) is 6.07 Å². The van der Waals surface area contributed by atoms with Crippen LogP contribution in [-0.2, 0) is 0 Å². The van der Waals surface area contributed by atoms with Gasteiger partial charge >= 0.3 is 0 Å². The summed E-state index contributed by atoms with van der Waals surface area (Å²) in [7, 11) is 0. The van der Waals surface area contributed by atoms with Gasteiger partial charge in [-0.2, -0.15) is 5.26 Å². The highest BCUT2D eigenvalue weighted by Crippen LogP contribution is 2.19. The Morgan fingerprint density at radius 3 is 2.48 bits per heavy atom. The van der Waals surface area contributed by atoms with Crippen LogP contribution in [0.2, 0.25) is 0 Å². The monoisotopic (exact) mass is 290 g/mol. The van der Waals surface area contributed by atoms with E-state index in [2.05, 4.69) is 5.32 Å². The van der Waals surface area contributed by atoms with Crippen molar-refractivity contribution < 1.29 is 18.0 Å². The van der Waals surface area contributed by atoms with Gasteiger partial charge in [-0.3, -0.25) is 4.79 Å². The molecule has 2 aromatic carbocycles. The van der Waals surface area contributed by atoms with Crippen molar-refractivity contribution >= 4 is 11.6 Å². The number of anilines is 1. The van der Waals surface area contributed by atoms with Crippen molar-refractivity contribution in [3.63, 3.8) is 0 Å². The third-order valence-corrected chi connectivity index (χ3v) is 2.86. The average molecular weight is 290 g/mol. The fourth-order valence-corrected chi connectivity index (χ4v) is 1.75. The fourth-order valence-electron chi connectivity index (χ4n) is 1.75. The van der Waals surface area contributed by atoms with Gasteiger partial charge in [-0.1, -0.05) is 6.07 Å². The molecule has 2 rings (SSSR count). The Morgan fingerprint density at radius 1 is 1.14 bits per heavy atom. The van der Waals surface area contributed by atoms with E-state index in [1.165, 1.54) is 19.1 Å². The number of nitrogens with one attached hydrogen (secondary N) is 1. The predicted molar refractivity (Wildman–Crippen MR) is 70.2 cm³/mol. The second-order valence-electron chi connectivity index (χ2n) is 4.31. The number of carbonyl (C=O) groups excluding carboxylic acids is 1. The van der Waals surface area contributed by atoms with E-state index in [4.69, 9.17) is 5.26 Å². The highest BCUT2D eigenvalue weighted by atomic mass is 19.1. The maximum Gasteiger partial charge on any atom is 0.261 e. The summed E-state index contributed by atoms with van der Waals surface area (Å²) in [5.41, 5.74) is -0.813. The van der Waals surface area contributed by atoms with Crippen molar-refractivity contribution in [3.05, 3.63) is 64.5 Å². The van der Waals surface area contributed by atoms with Crippen LogP contribution in [0.4, 0.5) is 18.9 Å². The summed E-state index contributed by atoms with van der Waals surface area (Å²) >= 11 is 0. The van der Waals surface area contributed by atoms with Crippen LogP contribution in [0.5, 0.6) is 0 Å². The molecule has 0 aliphatic carbocycles. The molecule has 0 atom stereocenters. The number of hydrogen-bond acceptors (Lipinski definition) is 2. The molecule has 0 aromatic heterocycles. The molecule has 106 valence electrons. The lowest BCUT2D eigenvalue weighted by molar-refractivity contribution is 0.101. The van der Waals surface area contributed by atoms with Crippen molar-refractivity contribution in [2.75, 3.05) is 5.32 Å². The normalized spacial score (nSPS) is 10.0. The summed E-state index contributed by atoms with van der Waals surface area (Å²) in [6.45, 7) is 1.40. The largest absolute Gasteiger partial charge is 0.322 e. The smallest absolute Gasteiger partial charge is 0.261 e. The van der Waals surface area contributed by atoms with Gasteiger partial charge in [-0.15, -0.1) is 0 Å². The maximum absolute atomic E-state index is 13.8. The summed E-state index contributed by atoms with van der Waals surface area (Å²) in [4.78, 5) is 11.9. The molecule has 1 amide bonds. The molecule has 0 spiro atoms. The fraction of sp³-hybridized carbons (Fsp3) is 0.0667. The molecule has 0 saturated carbocycles. The number of carbonyl (C=O) groups is 1. The molecule has 0 aliphatic rings. The maximum atomic E-state index is 13.8. The molecule has 6 heteroatoms. The third kappa shape index (κ3) is 2.87. The lowest BCUT2D eigenvalue weighted by Crippen LogP contribution is -2.16. The van der Waals surface area contributed by atoms with Crippen LogP contribution in [0.1, 0.15) is 21.5 Å². The summed E-state index contributed by atoms with van der Waals surface area (Å²) in [6, 6.07) is 7.07. The Labute approximate surface area is 118 Å². The first kappa shape index (κ1) is 14.6. The molecule has 0 bridgehead atoms. The van der Waals surface area contributed by atoms with E-state index >= 15 is 0 Å². The van der Waals surface area contributed by atoms with Crippen LogP contribution in [0.25, 0.3) is 0 Å². The van der Waals surface area contributed by atoms with Crippen LogP contribution in [-0.4, -0.2) is 5.91 Å². The van der Waals surface area contributed by atoms with Gasteiger partial charge in [-0.05, 0) is 36.8 Å². The Morgan fingerprint density at radius 2 is 1.81 bits per heavy atom. The average Bonchev–Trinajstić information content (AvgIpc) is 2.45. The molecule has 3 nitrogen and oxygen atoms in total. The summed E-state index contributed by atoms with van der Waals surface area (Å²) < 4.78 is 40.5. The van der Waals surface area contributed by atoms with Crippen LogP contribution < -0.4 is 5.32 Å². The van der Waals surface area contributed by atoms with Crippen LogP contribution in [0, 0.1) is 35.7 Å². The van der Waals surface area contributed by atoms with Gasteiger partial charge in [0.1, 0.15) is 29.1 Å². The minimum absolute atomic E-state index is 0.0678. The van der Waals surface area contributed by atoms with E-state index in [-0.39, 0.29) is 16.8 Å². The number of nitriles is 1. The molecule has 0 aliphatic heterocycles. The molecule has 21 heavy (non-hydrogen) atoms. The topological polar surface area (TPSA) is 52.9 Å². The van der Waals surface area contributed by atoms with E-state index in [9.17, 15) is 18.0 Å². The van der Waals surface area contributed by atoms with Gasteiger partial charge in [-0.25, -0.2) is 13.2 Å². The van der Waals surface area contributed by atoms with Crippen LogP contribution in [0.15, 0.2) is 30.3 Å². The zero-order valence-corrected chi connectivity index (χ0v) is 10.9. The number of rotatable bonds is 2. The molecule has 2 aromatic rings. The minimum Gasteiger partial charge on any atom is -0.322 e. The van der Waals surface area contributed by atoms with Gasteiger partial charge < -0.3 is 5.32 Å². The SMILES string of the molecule is Cc1ccc(F)c(C(=O)Nc2ccc(F)c(C#N)c2)c1F. The van der Waals surface area contributed by atoms with Crippen molar-refractivity contribution in [3.8, 4) is 6.07 Å². The van der Waals surface area contributed by atoms with Crippen LogP contribution >= 0.6 is 0 Å². The minimum atomic E-state index is -1.01. The molecular formula is C15H9F3N2O. The highest BCUT2D eigenvalue weighted by Gasteiger charge is 2.19. The molecule has 0 radical (unpaired) electrons. The van der Waals surface area contributed by atoms with Gasteiger partial charge in [0.15, 0.2) is 0 Å². The van der Waals surface area contributed by atoms with Gasteiger partial charge in [0.05, 0.1) is 5.56 Å². The molecular weight excluding hydrogens is 281 g/mol. The lowest BCUT2D eigenvalue weighted by atomic mass is 10.1. The summed E-state index contributed by atoms with van der Waals surface area (Å²) in [6.07, 6.45) is 0. The Bertz CT molecular complexity index is 766. The van der Waals surface area contributed by atoms with Gasteiger partial charge in [0, 0.05) is 5.69 Å². The molecule has 1 N–H and O–H groups in total. The summed E-state index contributed by atoms with van der Waals surface area (Å²) in [5.74, 6) is -3.72. The number of halogens is 3. The molecule has 0 saturated heterocycles. The van der Waals surface area contributed by atoms with Crippen molar-refractivity contribution in [2.45, 2.75) is 6.92 Å². The van der Waals surface area contributed by atoms with E-state index in [1.807, 2.05) is 0 Å². The zero-order chi connectivity index (χ0) is 15.6. The number of aryl methyl sites for hydroxylation is 1. The highest BCUT2D eigenvalue weighted by molar-refractivity contribution is 6.04. The van der Waals surface area contributed by atoms with Crippen LogP contribution in [0.3, 0.4) is 0 Å². The zero-order valence-electron chi connectivity index (χ0n) is 10.9. The standard InChI is InChI=1S/C15H9F3N2O/c1-8-2-4-12(17)13(14(8)18)15(21)20-10-3-5-11(16)9(6-10)7-19/h2-6H,1H3,(H,20,21). The first-order valence-electron chi connectivity index (χ1n) is 5.89. The van der Waals surface area contributed by atoms with Gasteiger partial charge in [0.25, 0.3) is 5.91 Å². The third-order valence-electron chi connectivity index (χ3n) is 2.86. The quantitative estimate of drug-likeness (QED) is 0.919. The molecule has 0 heterocycles. The first-order valence-corrected chi connectivity index (χ1v) is 5.89. The number of benzene rings is 2. The second-order valence-corrected chi connectivity index (χ2v) is 4.31. The van der Waals surface area contributed by atoms with Gasteiger partial charge in [0.2, 0.25) is 0 Å². The number of amides is 1. The predicted octanol–water partition coefficient (Wildman–Crippen LogP) is 3.54. The molecule has 0 unspecified atom stereocenters. The number of nitrogens with zero attached hydrogens (tertiary/aromatic N) is 1. The lowest BCUT2D eigenvalue weighted by Gasteiger charge is -2.09. The van der Waals surface area contributed by atoms with E-state index < -0.39 is 28.9 Å². The first-order chi connectivity index (χ1) is 9.93. The Kier molecular flexibility index (Phi) is 3.94. The van der Waals surface area contributed by atoms with E-state index in [0.29, 0.717) is 0 Å². The van der Waals surface area contributed by atoms with Crippen molar-refractivity contribution in [1.82, 2.24) is 0 Å². The van der Waals surface area contributed by atoms with E-state index in [0.717, 1.165) is 18.2 Å². The Balaban J connectivity index is 2.35. The van der Waals surface area contributed by atoms with Crippen molar-refractivity contribution in [1.29, 1.82) is 5.26 Å². The number of hydrogen-bond donors (Lipinski definition) is 1. The van der Waals surface area contributed by atoms with Crippen molar-refractivity contribution in [2.24, 2.45) is 0 Å². The summed E-state index contributed by atoms with van der Waals surface area (Å²) in [5, 5.41) is 10.9. The Hall–Kier alpha value is -2.81. The second kappa shape index (κ2) is 5.67. The molecule has 0 fully saturated rings.